The van der Waals surface area contributed by atoms with Crippen LogP contribution in [0.1, 0.15) is 25.7 Å². The van der Waals surface area contributed by atoms with Gasteiger partial charge in [0.25, 0.3) is 0 Å². The first-order chi connectivity index (χ1) is 7.27. The molecule has 0 saturated carbocycles. The number of hydrogen-bond acceptors (Lipinski definition) is 3. The van der Waals surface area contributed by atoms with Crippen LogP contribution >= 0.6 is 0 Å². The van der Waals surface area contributed by atoms with Gasteiger partial charge in [0.1, 0.15) is 23.7 Å². The Hall–Kier alpha value is -0.800. The van der Waals surface area contributed by atoms with Crippen molar-refractivity contribution in [2.45, 2.75) is 37.9 Å². The van der Waals surface area contributed by atoms with E-state index in [4.69, 9.17) is 14.2 Å². The quantitative estimate of drug-likeness (QED) is 0.667. The highest BCUT2D eigenvalue weighted by Crippen LogP contribution is 2.25. The topological polar surface area (TPSA) is 27.7 Å². The lowest BCUT2D eigenvalue weighted by atomic mass is 10.2. The highest BCUT2D eigenvalue weighted by molar-refractivity contribution is 5.04. The van der Waals surface area contributed by atoms with Crippen molar-refractivity contribution in [1.82, 2.24) is 0 Å². The largest absolute Gasteiger partial charge is 0.462 e. The summed E-state index contributed by atoms with van der Waals surface area (Å²) in [4.78, 5) is 0. The molecule has 2 rings (SSSR count). The van der Waals surface area contributed by atoms with Gasteiger partial charge in [-0.25, -0.2) is 0 Å². The molecule has 2 aliphatic rings. The van der Waals surface area contributed by atoms with Crippen molar-refractivity contribution in [3.05, 3.63) is 24.7 Å². The molecule has 0 amide bonds. The van der Waals surface area contributed by atoms with Gasteiger partial charge in [-0.3, -0.25) is 0 Å². The van der Waals surface area contributed by atoms with Crippen LogP contribution in [0, 0.1) is 0 Å². The normalized spacial score (nSPS) is 30.4. The molecule has 2 saturated heterocycles. The van der Waals surface area contributed by atoms with E-state index in [9.17, 15) is 0 Å². The van der Waals surface area contributed by atoms with Crippen molar-refractivity contribution in [2.24, 2.45) is 0 Å². The van der Waals surface area contributed by atoms with Gasteiger partial charge in [-0.05, 0) is 25.7 Å². The fourth-order valence-electron chi connectivity index (χ4n) is 1.96. The van der Waals surface area contributed by atoms with Gasteiger partial charge in [0.15, 0.2) is 0 Å². The molecule has 0 N–H and O–H groups in total. The zero-order chi connectivity index (χ0) is 10.7. The van der Waals surface area contributed by atoms with Crippen molar-refractivity contribution in [3.63, 3.8) is 0 Å². The first-order valence-corrected chi connectivity index (χ1v) is 5.56. The van der Waals surface area contributed by atoms with Gasteiger partial charge in [-0.1, -0.05) is 13.2 Å². The van der Waals surface area contributed by atoms with E-state index in [1.807, 2.05) is 0 Å². The lowest BCUT2D eigenvalue weighted by Gasteiger charge is -2.18. The minimum atomic E-state index is 0.0446. The molecule has 0 aromatic heterocycles. The first kappa shape index (κ1) is 10.7. The van der Waals surface area contributed by atoms with Gasteiger partial charge in [0.05, 0.1) is 0 Å². The second-order valence-corrected chi connectivity index (χ2v) is 4.04. The third-order valence-corrected chi connectivity index (χ3v) is 2.84. The maximum Gasteiger partial charge on any atom is 0.125 e. The second kappa shape index (κ2) is 4.81. The van der Waals surface area contributed by atoms with E-state index in [1.54, 1.807) is 0 Å². The lowest BCUT2D eigenvalue weighted by molar-refractivity contribution is 0.0568. The first-order valence-electron chi connectivity index (χ1n) is 5.56. The van der Waals surface area contributed by atoms with Crippen molar-refractivity contribution in [2.75, 3.05) is 13.2 Å². The van der Waals surface area contributed by atoms with E-state index in [2.05, 4.69) is 13.2 Å². The van der Waals surface area contributed by atoms with E-state index in [-0.39, 0.29) is 12.2 Å². The molecule has 0 bridgehead atoms. The molecule has 2 fully saturated rings. The molecule has 0 radical (unpaired) electrons. The van der Waals surface area contributed by atoms with Crippen LogP contribution in [0.25, 0.3) is 0 Å². The summed E-state index contributed by atoms with van der Waals surface area (Å²) in [5.74, 6) is 1.35. The van der Waals surface area contributed by atoms with Crippen LogP contribution in [-0.2, 0) is 14.2 Å². The Morgan fingerprint density at radius 2 is 1.40 bits per heavy atom. The van der Waals surface area contributed by atoms with Crippen molar-refractivity contribution < 1.29 is 14.2 Å². The molecular weight excluding hydrogens is 192 g/mol. The SMILES string of the molecule is C=C(OC(=C)C1CCCO1)C1CCCO1. The monoisotopic (exact) mass is 210 g/mol. The van der Waals surface area contributed by atoms with E-state index >= 15 is 0 Å². The van der Waals surface area contributed by atoms with Crippen molar-refractivity contribution >= 4 is 0 Å². The molecule has 0 aliphatic carbocycles. The molecule has 84 valence electrons. The molecular formula is C12H18O3. The van der Waals surface area contributed by atoms with Crippen molar-refractivity contribution in [1.29, 1.82) is 0 Å². The lowest BCUT2D eigenvalue weighted by Crippen LogP contribution is -2.16. The Labute approximate surface area is 90.7 Å². The average Bonchev–Trinajstić information content (AvgIpc) is 2.91. The van der Waals surface area contributed by atoms with Gasteiger partial charge in [0, 0.05) is 13.2 Å². The van der Waals surface area contributed by atoms with Crippen LogP contribution in [0.3, 0.4) is 0 Å². The molecule has 2 unspecified atom stereocenters. The molecule has 0 aromatic rings. The predicted molar refractivity (Wildman–Crippen MR) is 57.3 cm³/mol. The Kier molecular flexibility index (Phi) is 3.44. The van der Waals surface area contributed by atoms with E-state index in [0.717, 1.165) is 38.9 Å². The van der Waals surface area contributed by atoms with Gasteiger partial charge in [0.2, 0.25) is 0 Å². The fraction of sp³-hybridized carbons (Fsp3) is 0.667. The minimum Gasteiger partial charge on any atom is -0.462 e. The average molecular weight is 210 g/mol. The van der Waals surface area contributed by atoms with Gasteiger partial charge < -0.3 is 14.2 Å². The molecule has 0 aromatic carbocycles. The van der Waals surface area contributed by atoms with Gasteiger partial charge >= 0.3 is 0 Å². The second-order valence-electron chi connectivity index (χ2n) is 4.04. The summed E-state index contributed by atoms with van der Waals surface area (Å²) in [6, 6.07) is 0. The molecule has 2 atom stereocenters. The molecule has 0 spiro atoms. The summed E-state index contributed by atoms with van der Waals surface area (Å²) in [7, 11) is 0. The zero-order valence-electron chi connectivity index (χ0n) is 9.04. The summed E-state index contributed by atoms with van der Waals surface area (Å²) in [6.45, 7) is 9.38. The van der Waals surface area contributed by atoms with E-state index in [0.29, 0.717) is 11.5 Å². The molecule has 2 heterocycles. The number of ether oxygens (including phenoxy) is 3. The van der Waals surface area contributed by atoms with Gasteiger partial charge in [-0.2, -0.15) is 0 Å². The standard InChI is InChI=1S/C12H18O3/c1-9(11-5-3-7-13-11)15-10(2)12-6-4-8-14-12/h11-12H,1-8H2. The molecule has 15 heavy (non-hydrogen) atoms. The van der Waals surface area contributed by atoms with Crippen LogP contribution < -0.4 is 0 Å². The maximum atomic E-state index is 5.58. The zero-order valence-corrected chi connectivity index (χ0v) is 9.04. The van der Waals surface area contributed by atoms with Crippen molar-refractivity contribution in [3.8, 4) is 0 Å². The summed E-state index contributed by atoms with van der Waals surface area (Å²) in [5.41, 5.74) is 0. The van der Waals surface area contributed by atoms with Crippen LogP contribution in [-0.4, -0.2) is 25.4 Å². The Balaban J connectivity index is 1.79. The third-order valence-electron chi connectivity index (χ3n) is 2.84. The van der Waals surface area contributed by atoms with Crippen LogP contribution in [0.2, 0.25) is 0 Å². The van der Waals surface area contributed by atoms with E-state index < -0.39 is 0 Å². The Morgan fingerprint density at radius 1 is 0.933 bits per heavy atom. The van der Waals surface area contributed by atoms with Crippen LogP contribution in [0.4, 0.5) is 0 Å². The smallest absolute Gasteiger partial charge is 0.125 e. The van der Waals surface area contributed by atoms with Crippen LogP contribution in [0.15, 0.2) is 24.7 Å². The van der Waals surface area contributed by atoms with Gasteiger partial charge in [-0.15, -0.1) is 0 Å². The summed E-state index contributed by atoms with van der Waals surface area (Å²) in [5, 5.41) is 0. The highest BCUT2D eigenvalue weighted by Gasteiger charge is 2.25. The minimum absolute atomic E-state index is 0.0446. The van der Waals surface area contributed by atoms with Crippen LogP contribution in [0.5, 0.6) is 0 Å². The third kappa shape index (κ3) is 2.61. The maximum absolute atomic E-state index is 5.58. The summed E-state index contributed by atoms with van der Waals surface area (Å²) >= 11 is 0. The summed E-state index contributed by atoms with van der Waals surface area (Å²) in [6.07, 6.45) is 4.25. The number of rotatable bonds is 4. The molecule has 3 nitrogen and oxygen atoms in total. The number of hydrogen-bond donors (Lipinski definition) is 0. The van der Waals surface area contributed by atoms with E-state index in [1.165, 1.54) is 0 Å². The highest BCUT2D eigenvalue weighted by atomic mass is 16.6. The predicted octanol–water partition coefficient (Wildman–Crippen LogP) is 2.39. The summed E-state index contributed by atoms with van der Waals surface area (Å²) < 4.78 is 16.5. The Bertz CT molecular complexity index is 222. The molecule has 2 aliphatic heterocycles. The molecule has 3 heteroatoms. The Morgan fingerprint density at radius 3 is 1.73 bits per heavy atom. The fourth-order valence-corrected chi connectivity index (χ4v) is 1.96.